The molecule has 3 rings (SSSR count). The number of carbonyl (C=O) groups excluding carboxylic acids is 2. The molecule has 2 atom stereocenters. The number of hydrogen-bond acceptors (Lipinski definition) is 5. The summed E-state index contributed by atoms with van der Waals surface area (Å²) < 4.78 is 26.8. The van der Waals surface area contributed by atoms with E-state index in [2.05, 4.69) is 10.2 Å². The summed E-state index contributed by atoms with van der Waals surface area (Å²) in [5.41, 5.74) is 1.90. The molecule has 1 fully saturated rings. The average molecular weight is 500 g/mol. The molecule has 0 saturated carbocycles. The zero-order chi connectivity index (χ0) is 26.6. The molecule has 1 aliphatic rings. The number of rotatable bonds is 6. The van der Waals surface area contributed by atoms with Gasteiger partial charge in [-0.3, -0.25) is 9.69 Å². The van der Waals surface area contributed by atoms with E-state index in [0.29, 0.717) is 48.6 Å². The largest absolute Gasteiger partial charge is 0.484 e. The number of benzene rings is 2. The van der Waals surface area contributed by atoms with Gasteiger partial charge in [0.25, 0.3) is 5.91 Å². The number of carbonyl (C=O) groups is 2. The molecule has 36 heavy (non-hydrogen) atoms. The van der Waals surface area contributed by atoms with Crippen molar-refractivity contribution in [2.45, 2.75) is 59.3 Å². The van der Waals surface area contributed by atoms with Crippen molar-refractivity contribution in [1.29, 1.82) is 0 Å². The SMILES string of the molecule is CNC(=O)c1ccc(OC(CN2CCN(C(=O)OC(C)(C)C)[C@H](C)C2)c2ccc(C)c(F)c2C)cc1. The molecular formula is C28H38FN3O4. The number of amides is 2. The minimum Gasteiger partial charge on any atom is -0.484 e. The lowest BCUT2D eigenvalue weighted by atomic mass is 9.99. The zero-order valence-corrected chi connectivity index (χ0v) is 22.4. The molecule has 8 heteroatoms. The highest BCUT2D eigenvalue weighted by Gasteiger charge is 2.32. The van der Waals surface area contributed by atoms with Gasteiger partial charge in [-0.15, -0.1) is 0 Å². The van der Waals surface area contributed by atoms with Crippen LogP contribution in [0.5, 0.6) is 5.75 Å². The summed E-state index contributed by atoms with van der Waals surface area (Å²) in [7, 11) is 1.58. The summed E-state index contributed by atoms with van der Waals surface area (Å²) in [5.74, 6) is 0.180. The Morgan fingerprint density at radius 3 is 2.36 bits per heavy atom. The molecule has 1 heterocycles. The number of aryl methyl sites for hydroxylation is 1. The van der Waals surface area contributed by atoms with E-state index in [0.717, 1.165) is 5.56 Å². The standard InChI is InChI=1S/C28H38FN3O4/c1-18-8-13-23(20(3)25(18)29)24(35-22-11-9-21(10-12-22)26(33)30-7)17-31-14-15-32(19(2)16-31)27(34)36-28(4,5)6/h8-13,19,24H,14-17H2,1-7H3,(H,30,33)/t19-,24?/m1/s1. The molecule has 2 aromatic carbocycles. The van der Waals surface area contributed by atoms with E-state index in [-0.39, 0.29) is 23.9 Å². The summed E-state index contributed by atoms with van der Waals surface area (Å²) >= 11 is 0. The Bertz CT molecular complexity index is 1080. The predicted octanol–water partition coefficient (Wildman–Crippen LogP) is 4.86. The number of ether oxygens (including phenoxy) is 2. The van der Waals surface area contributed by atoms with Gasteiger partial charge >= 0.3 is 6.09 Å². The van der Waals surface area contributed by atoms with Crippen LogP contribution in [0.15, 0.2) is 36.4 Å². The first-order valence-electron chi connectivity index (χ1n) is 12.4. The van der Waals surface area contributed by atoms with Crippen molar-refractivity contribution in [2.24, 2.45) is 0 Å². The summed E-state index contributed by atoms with van der Waals surface area (Å²) in [6, 6.07) is 10.5. The summed E-state index contributed by atoms with van der Waals surface area (Å²) in [6.45, 7) is 13.4. The number of nitrogens with one attached hydrogen (secondary N) is 1. The van der Waals surface area contributed by atoms with Crippen LogP contribution in [0.25, 0.3) is 0 Å². The first-order valence-corrected chi connectivity index (χ1v) is 12.4. The van der Waals surface area contributed by atoms with E-state index in [1.165, 1.54) is 0 Å². The first kappa shape index (κ1) is 27.5. The third-order valence-electron chi connectivity index (χ3n) is 6.35. The predicted molar refractivity (Wildman–Crippen MR) is 138 cm³/mol. The van der Waals surface area contributed by atoms with Crippen molar-refractivity contribution in [3.8, 4) is 5.75 Å². The molecule has 0 aromatic heterocycles. The second kappa shape index (κ2) is 11.3. The van der Waals surface area contributed by atoms with Crippen LogP contribution < -0.4 is 10.1 Å². The Kier molecular flexibility index (Phi) is 8.61. The quantitative estimate of drug-likeness (QED) is 0.615. The molecule has 1 saturated heterocycles. The molecule has 1 aliphatic heterocycles. The van der Waals surface area contributed by atoms with Gasteiger partial charge in [0.2, 0.25) is 0 Å². The second-order valence-electron chi connectivity index (χ2n) is 10.4. The number of piperazine rings is 1. The monoisotopic (exact) mass is 499 g/mol. The minimum absolute atomic E-state index is 0.0445. The van der Waals surface area contributed by atoms with Crippen molar-refractivity contribution in [1.82, 2.24) is 15.1 Å². The fourth-order valence-electron chi connectivity index (χ4n) is 4.40. The highest BCUT2D eigenvalue weighted by molar-refractivity contribution is 5.94. The van der Waals surface area contributed by atoms with Crippen molar-refractivity contribution in [3.63, 3.8) is 0 Å². The minimum atomic E-state index is -0.548. The third-order valence-corrected chi connectivity index (χ3v) is 6.35. The van der Waals surface area contributed by atoms with Crippen LogP contribution >= 0.6 is 0 Å². The summed E-state index contributed by atoms with van der Waals surface area (Å²) in [6.07, 6.45) is -0.749. The zero-order valence-electron chi connectivity index (χ0n) is 22.4. The van der Waals surface area contributed by atoms with Gasteiger partial charge in [-0.25, -0.2) is 9.18 Å². The van der Waals surface area contributed by atoms with Crippen molar-refractivity contribution < 1.29 is 23.5 Å². The Morgan fingerprint density at radius 2 is 1.78 bits per heavy atom. The molecule has 7 nitrogen and oxygen atoms in total. The van der Waals surface area contributed by atoms with E-state index in [9.17, 15) is 14.0 Å². The van der Waals surface area contributed by atoms with Gasteiger partial charge in [0, 0.05) is 44.8 Å². The van der Waals surface area contributed by atoms with Crippen LogP contribution in [0, 0.1) is 19.7 Å². The Balaban J connectivity index is 1.79. The average Bonchev–Trinajstić information content (AvgIpc) is 2.81. The maximum absolute atomic E-state index is 14.8. The Hall–Kier alpha value is -3.13. The molecule has 0 bridgehead atoms. The smallest absolute Gasteiger partial charge is 0.410 e. The number of nitrogens with zero attached hydrogens (tertiary/aromatic N) is 2. The van der Waals surface area contributed by atoms with Crippen LogP contribution in [0.4, 0.5) is 9.18 Å². The van der Waals surface area contributed by atoms with Crippen molar-refractivity contribution in [3.05, 3.63) is 64.5 Å². The van der Waals surface area contributed by atoms with Crippen LogP contribution in [-0.2, 0) is 4.74 Å². The normalized spacial score (nSPS) is 17.4. The maximum atomic E-state index is 14.8. The van der Waals surface area contributed by atoms with Gasteiger partial charge in [0.1, 0.15) is 23.3 Å². The molecular weight excluding hydrogens is 461 g/mol. The van der Waals surface area contributed by atoms with Crippen LogP contribution in [-0.4, -0.2) is 66.7 Å². The van der Waals surface area contributed by atoms with Crippen molar-refractivity contribution >= 4 is 12.0 Å². The maximum Gasteiger partial charge on any atom is 0.410 e. The highest BCUT2D eigenvalue weighted by Crippen LogP contribution is 2.29. The molecule has 0 spiro atoms. The molecule has 2 aromatic rings. The van der Waals surface area contributed by atoms with Gasteiger partial charge in [0.05, 0.1) is 0 Å². The molecule has 2 amide bonds. The van der Waals surface area contributed by atoms with Gasteiger partial charge in [-0.2, -0.15) is 0 Å². The Labute approximate surface area is 213 Å². The fraction of sp³-hybridized carbons (Fsp3) is 0.500. The molecule has 0 radical (unpaired) electrons. The van der Waals surface area contributed by atoms with Crippen LogP contribution in [0.3, 0.4) is 0 Å². The van der Waals surface area contributed by atoms with E-state index >= 15 is 0 Å². The second-order valence-corrected chi connectivity index (χ2v) is 10.4. The van der Waals surface area contributed by atoms with Crippen LogP contribution in [0.2, 0.25) is 0 Å². The molecule has 196 valence electrons. The van der Waals surface area contributed by atoms with E-state index in [1.54, 1.807) is 56.1 Å². The highest BCUT2D eigenvalue weighted by atomic mass is 19.1. The molecule has 0 aliphatic carbocycles. The number of hydrogen-bond donors (Lipinski definition) is 1. The third kappa shape index (κ3) is 6.75. The number of halogens is 1. The van der Waals surface area contributed by atoms with E-state index in [1.807, 2.05) is 33.8 Å². The lowest BCUT2D eigenvalue weighted by Gasteiger charge is -2.41. The van der Waals surface area contributed by atoms with Gasteiger partial charge < -0.3 is 19.7 Å². The Morgan fingerprint density at radius 1 is 1.11 bits per heavy atom. The summed E-state index contributed by atoms with van der Waals surface area (Å²) in [5, 5.41) is 2.60. The van der Waals surface area contributed by atoms with Gasteiger partial charge in [0.15, 0.2) is 0 Å². The summed E-state index contributed by atoms with van der Waals surface area (Å²) in [4.78, 5) is 28.5. The fourth-order valence-corrected chi connectivity index (χ4v) is 4.40. The van der Waals surface area contributed by atoms with E-state index < -0.39 is 11.7 Å². The topological polar surface area (TPSA) is 71.1 Å². The van der Waals surface area contributed by atoms with Gasteiger partial charge in [-0.05, 0) is 82.5 Å². The lowest BCUT2D eigenvalue weighted by molar-refractivity contribution is -0.00301. The van der Waals surface area contributed by atoms with Crippen LogP contribution in [0.1, 0.15) is 60.8 Å². The first-order chi connectivity index (χ1) is 16.9. The molecule has 1 N–H and O–H groups in total. The molecule has 1 unspecified atom stereocenters. The lowest BCUT2D eigenvalue weighted by Crippen LogP contribution is -2.55. The van der Waals surface area contributed by atoms with E-state index in [4.69, 9.17) is 9.47 Å². The van der Waals surface area contributed by atoms with Gasteiger partial charge in [-0.1, -0.05) is 12.1 Å². The van der Waals surface area contributed by atoms with Crippen molar-refractivity contribution in [2.75, 3.05) is 33.2 Å².